The van der Waals surface area contributed by atoms with Gasteiger partial charge in [-0.1, -0.05) is 45.9 Å². The van der Waals surface area contributed by atoms with Gasteiger partial charge in [-0.2, -0.15) is 0 Å². The fourth-order valence-corrected chi connectivity index (χ4v) is 2.40. The maximum atomic E-state index is 5.31. The average Bonchev–Trinajstić information content (AvgIpc) is 2.66. The van der Waals surface area contributed by atoms with Gasteiger partial charge >= 0.3 is 0 Å². The third kappa shape index (κ3) is 8.11. The Kier molecular flexibility index (Phi) is 7.81. The van der Waals surface area contributed by atoms with Gasteiger partial charge < -0.3 is 9.64 Å². The largest absolute Gasteiger partial charge is 0.501 e. The van der Waals surface area contributed by atoms with Gasteiger partial charge in [0.05, 0.1) is 12.9 Å². The lowest BCUT2D eigenvalue weighted by Crippen LogP contribution is -2.29. The third-order valence-corrected chi connectivity index (χ3v) is 3.83. The topological polar surface area (TPSA) is 12.5 Å². The number of rotatable bonds is 8. The fourth-order valence-electron chi connectivity index (χ4n) is 2.40. The van der Waals surface area contributed by atoms with Crippen molar-refractivity contribution in [3.05, 3.63) is 35.6 Å². The minimum atomic E-state index is 0.420. The minimum absolute atomic E-state index is 0.420. The lowest BCUT2D eigenvalue weighted by atomic mass is 9.92. The molecule has 1 rings (SSSR count). The molecule has 21 heavy (non-hydrogen) atoms. The van der Waals surface area contributed by atoms with Crippen molar-refractivity contribution in [2.24, 2.45) is 5.41 Å². The predicted octanol–water partition coefficient (Wildman–Crippen LogP) is 4.94. The van der Waals surface area contributed by atoms with E-state index < -0.39 is 0 Å². The molecule has 0 aromatic carbocycles. The lowest BCUT2D eigenvalue weighted by Gasteiger charge is -2.26. The zero-order valence-electron chi connectivity index (χ0n) is 14.6. The molecule has 0 bridgehead atoms. The maximum Gasteiger partial charge on any atom is 0.0993 e. The first-order chi connectivity index (χ1) is 9.94. The summed E-state index contributed by atoms with van der Waals surface area (Å²) >= 11 is 0. The molecule has 0 aliphatic heterocycles. The third-order valence-electron chi connectivity index (χ3n) is 3.83. The Morgan fingerprint density at radius 3 is 2.52 bits per heavy atom. The standard InChI is InChI=1S/C19H33NO/c1-6-14-20(16-13-19(2,3)4)15-12-17-8-7-9-18(21-5)11-10-17/h7-8,10-11H,6,9,12-16H2,1-5H3. The molecule has 0 saturated heterocycles. The number of allylic oxidation sites excluding steroid dienone is 4. The summed E-state index contributed by atoms with van der Waals surface area (Å²) in [6.07, 6.45) is 13.3. The van der Waals surface area contributed by atoms with E-state index in [0.29, 0.717) is 5.41 Å². The summed E-state index contributed by atoms with van der Waals surface area (Å²) in [5.74, 6) is 1.04. The van der Waals surface area contributed by atoms with E-state index in [1.807, 2.05) is 0 Å². The van der Waals surface area contributed by atoms with Crippen molar-refractivity contribution < 1.29 is 4.74 Å². The van der Waals surface area contributed by atoms with Crippen LogP contribution in [0.3, 0.4) is 0 Å². The van der Waals surface area contributed by atoms with Crippen LogP contribution in [-0.2, 0) is 4.74 Å². The number of hydrogen-bond donors (Lipinski definition) is 0. The molecule has 0 aromatic heterocycles. The van der Waals surface area contributed by atoms with E-state index in [-0.39, 0.29) is 0 Å². The molecule has 2 heteroatoms. The van der Waals surface area contributed by atoms with E-state index in [1.165, 1.54) is 31.5 Å². The highest BCUT2D eigenvalue weighted by molar-refractivity contribution is 5.29. The maximum absolute atomic E-state index is 5.31. The lowest BCUT2D eigenvalue weighted by molar-refractivity contribution is 0.230. The van der Waals surface area contributed by atoms with Crippen LogP contribution in [0.4, 0.5) is 0 Å². The van der Waals surface area contributed by atoms with Crippen molar-refractivity contribution in [3.8, 4) is 0 Å². The molecular formula is C19H33NO. The molecule has 0 amide bonds. The summed E-state index contributed by atoms with van der Waals surface area (Å²) < 4.78 is 5.31. The van der Waals surface area contributed by atoms with Gasteiger partial charge in [0.25, 0.3) is 0 Å². The van der Waals surface area contributed by atoms with Gasteiger partial charge in [-0.15, -0.1) is 0 Å². The molecule has 0 saturated carbocycles. The zero-order chi connectivity index (χ0) is 15.7. The van der Waals surface area contributed by atoms with Gasteiger partial charge in [0, 0.05) is 13.0 Å². The van der Waals surface area contributed by atoms with Crippen LogP contribution in [0.25, 0.3) is 0 Å². The predicted molar refractivity (Wildman–Crippen MR) is 92.4 cm³/mol. The van der Waals surface area contributed by atoms with E-state index in [2.05, 4.69) is 56.9 Å². The monoisotopic (exact) mass is 291 g/mol. The molecule has 0 spiro atoms. The van der Waals surface area contributed by atoms with Crippen LogP contribution in [0.15, 0.2) is 35.6 Å². The summed E-state index contributed by atoms with van der Waals surface area (Å²) in [6, 6.07) is 0. The first kappa shape index (κ1) is 18.0. The highest BCUT2D eigenvalue weighted by atomic mass is 16.5. The Bertz CT molecular complexity index is 385. The molecule has 2 nitrogen and oxygen atoms in total. The second-order valence-electron chi connectivity index (χ2n) is 7.09. The van der Waals surface area contributed by atoms with Crippen LogP contribution in [0, 0.1) is 5.41 Å². The minimum Gasteiger partial charge on any atom is -0.501 e. The summed E-state index contributed by atoms with van der Waals surface area (Å²) in [5, 5.41) is 0. The van der Waals surface area contributed by atoms with E-state index in [9.17, 15) is 0 Å². The summed E-state index contributed by atoms with van der Waals surface area (Å²) in [6.45, 7) is 12.8. The van der Waals surface area contributed by atoms with Gasteiger partial charge in [0.1, 0.15) is 0 Å². The average molecular weight is 291 g/mol. The Morgan fingerprint density at radius 1 is 1.14 bits per heavy atom. The molecule has 120 valence electrons. The molecule has 0 N–H and O–H groups in total. The van der Waals surface area contributed by atoms with E-state index in [0.717, 1.165) is 25.1 Å². The molecule has 0 aromatic rings. The number of ether oxygens (including phenoxy) is 1. The molecule has 1 aliphatic carbocycles. The first-order valence-electron chi connectivity index (χ1n) is 8.27. The number of hydrogen-bond acceptors (Lipinski definition) is 2. The van der Waals surface area contributed by atoms with Crippen molar-refractivity contribution in [1.82, 2.24) is 4.90 Å². The quantitative estimate of drug-likeness (QED) is 0.628. The number of methoxy groups -OCH3 is 1. The Morgan fingerprint density at radius 2 is 1.90 bits per heavy atom. The Balaban J connectivity index is 2.49. The summed E-state index contributed by atoms with van der Waals surface area (Å²) in [5.41, 5.74) is 1.82. The zero-order valence-corrected chi connectivity index (χ0v) is 14.6. The van der Waals surface area contributed by atoms with Gasteiger partial charge in [-0.05, 0) is 49.4 Å². The van der Waals surface area contributed by atoms with Crippen molar-refractivity contribution in [2.75, 3.05) is 26.7 Å². The van der Waals surface area contributed by atoms with Crippen molar-refractivity contribution in [3.63, 3.8) is 0 Å². The highest BCUT2D eigenvalue weighted by Gasteiger charge is 2.13. The van der Waals surface area contributed by atoms with Gasteiger partial charge in [-0.25, -0.2) is 0 Å². The smallest absolute Gasteiger partial charge is 0.0993 e. The van der Waals surface area contributed by atoms with Crippen LogP contribution in [0.2, 0.25) is 0 Å². The van der Waals surface area contributed by atoms with Crippen LogP contribution < -0.4 is 0 Å². The van der Waals surface area contributed by atoms with Gasteiger partial charge in [0.2, 0.25) is 0 Å². The second-order valence-corrected chi connectivity index (χ2v) is 7.09. The van der Waals surface area contributed by atoms with Gasteiger partial charge in [-0.3, -0.25) is 0 Å². The van der Waals surface area contributed by atoms with Gasteiger partial charge in [0.15, 0.2) is 0 Å². The molecule has 0 unspecified atom stereocenters. The molecule has 0 heterocycles. The molecule has 0 fully saturated rings. The normalized spacial score (nSPS) is 15.7. The van der Waals surface area contributed by atoms with Crippen molar-refractivity contribution in [2.45, 2.75) is 53.4 Å². The highest BCUT2D eigenvalue weighted by Crippen LogP contribution is 2.20. The first-order valence-corrected chi connectivity index (χ1v) is 8.27. The van der Waals surface area contributed by atoms with Crippen LogP contribution >= 0.6 is 0 Å². The molecule has 1 aliphatic rings. The van der Waals surface area contributed by atoms with Crippen LogP contribution in [0.5, 0.6) is 0 Å². The molecule has 0 atom stereocenters. The van der Waals surface area contributed by atoms with Crippen LogP contribution in [0.1, 0.15) is 53.4 Å². The van der Waals surface area contributed by atoms with E-state index in [4.69, 9.17) is 4.74 Å². The second kappa shape index (κ2) is 9.09. The fraction of sp³-hybridized carbons (Fsp3) is 0.684. The molecule has 0 radical (unpaired) electrons. The van der Waals surface area contributed by atoms with E-state index >= 15 is 0 Å². The summed E-state index contributed by atoms with van der Waals surface area (Å²) in [7, 11) is 1.74. The van der Waals surface area contributed by atoms with Crippen molar-refractivity contribution in [1.29, 1.82) is 0 Å². The van der Waals surface area contributed by atoms with E-state index in [1.54, 1.807) is 7.11 Å². The Labute approximate surface area is 131 Å². The SMILES string of the molecule is CCCN(CCC1=CC=C(OC)CC=C1)CCC(C)(C)C. The van der Waals surface area contributed by atoms with Crippen LogP contribution in [-0.4, -0.2) is 31.6 Å². The van der Waals surface area contributed by atoms with Crippen molar-refractivity contribution >= 4 is 0 Å². The Hall–Kier alpha value is -1.02. The molecular weight excluding hydrogens is 258 g/mol. The number of nitrogens with zero attached hydrogens (tertiary/aromatic N) is 1. The summed E-state index contributed by atoms with van der Waals surface area (Å²) in [4.78, 5) is 2.60.